The average molecular weight is 193 g/mol. The molecule has 2 N–H and O–H groups in total. The molecule has 0 aliphatic heterocycles. The number of nitrogens with zero attached hydrogens (tertiary/aromatic N) is 1. The SMILES string of the molecule is Cc1[nH]ncc1CNC1CC(C)(C)C1. The van der Waals surface area contributed by atoms with Gasteiger partial charge in [-0.25, -0.2) is 0 Å². The minimum Gasteiger partial charge on any atom is -0.310 e. The Bertz CT molecular complexity index is 306. The van der Waals surface area contributed by atoms with Gasteiger partial charge >= 0.3 is 0 Å². The van der Waals surface area contributed by atoms with E-state index < -0.39 is 0 Å². The van der Waals surface area contributed by atoms with Gasteiger partial charge in [0.25, 0.3) is 0 Å². The van der Waals surface area contributed by atoms with Gasteiger partial charge in [-0.2, -0.15) is 5.10 Å². The number of aromatic nitrogens is 2. The van der Waals surface area contributed by atoms with E-state index in [0.29, 0.717) is 11.5 Å². The van der Waals surface area contributed by atoms with Gasteiger partial charge < -0.3 is 5.32 Å². The standard InChI is InChI=1S/C11H19N3/c1-8-9(7-13-14-8)6-12-10-4-11(2,3)5-10/h7,10,12H,4-6H2,1-3H3,(H,13,14). The summed E-state index contributed by atoms with van der Waals surface area (Å²) in [4.78, 5) is 0. The highest BCUT2D eigenvalue weighted by molar-refractivity contribution is 5.14. The zero-order chi connectivity index (χ0) is 10.2. The Morgan fingerprint density at radius 3 is 2.79 bits per heavy atom. The first-order valence-electron chi connectivity index (χ1n) is 5.29. The van der Waals surface area contributed by atoms with Crippen LogP contribution >= 0.6 is 0 Å². The minimum absolute atomic E-state index is 0.559. The van der Waals surface area contributed by atoms with E-state index in [1.807, 2.05) is 6.20 Å². The summed E-state index contributed by atoms with van der Waals surface area (Å²) in [5.41, 5.74) is 3.02. The third kappa shape index (κ3) is 1.98. The Balaban J connectivity index is 1.77. The fourth-order valence-electron chi connectivity index (χ4n) is 2.23. The van der Waals surface area contributed by atoms with E-state index in [9.17, 15) is 0 Å². The van der Waals surface area contributed by atoms with Crippen LogP contribution in [0.3, 0.4) is 0 Å². The molecule has 14 heavy (non-hydrogen) atoms. The lowest BCUT2D eigenvalue weighted by Crippen LogP contribution is -2.45. The second kappa shape index (κ2) is 3.39. The first-order chi connectivity index (χ1) is 6.57. The van der Waals surface area contributed by atoms with Crippen molar-refractivity contribution >= 4 is 0 Å². The normalized spacial score (nSPS) is 20.8. The molecule has 1 aliphatic carbocycles. The minimum atomic E-state index is 0.559. The van der Waals surface area contributed by atoms with Gasteiger partial charge in [0.15, 0.2) is 0 Å². The molecule has 1 aromatic rings. The Morgan fingerprint density at radius 2 is 2.29 bits per heavy atom. The van der Waals surface area contributed by atoms with Crippen LogP contribution < -0.4 is 5.32 Å². The molecule has 2 rings (SSSR count). The van der Waals surface area contributed by atoms with E-state index in [4.69, 9.17) is 0 Å². The summed E-state index contributed by atoms with van der Waals surface area (Å²) in [7, 11) is 0. The molecule has 1 aromatic heterocycles. The molecule has 1 fully saturated rings. The molecular weight excluding hydrogens is 174 g/mol. The summed E-state index contributed by atoms with van der Waals surface area (Å²) in [5, 5.41) is 10.5. The quantitative estimate of drug-likeness (QED) is 0.770. The summed E-state index contributed by atoms with van der Waals surface area (Å²) in [6, 6.07) is 0.708. The summed E-state index contributed by atoms with van der Waals surface area (Å²) in [5.74, 6) is 0. The molecule has 3 nitrogen and oxygen atoms in total. The number of rotatable bonds is 3. The summed E-state index contributed by atoms with van der Waals surface area (Å²) in [6.07, 6.45) is 4.50. The van der Waals surface area contributed by atoms with Gasteiger partial charge in [-0.1, -0.05) is 13.8 Å². The Morgan fingerprint density at radius 1 is 1.57 bits per heavy atom. The molecule has 0 aromatic carbocycles. The van der Waals surface area contributed by atoms with Gasteiger partial charge in [-0.15, -0.1) is 0 Å². The Labute approximate surface area is 85.3 Å². The highest BCUT2D eigenvalue weighted by Gasteiger charge is 2.35. The van der Waals surface area contributed by atoms with Crippen LogP contribution in [0, 0.1) is 12.3 Å². The smallest absolute Gasteiger partial charge is 0.0535 e. The highest BCUT2D eigenvalue weighted by Crippen LogP contribution is 2.39. The maximum absolute atomic E-state index is 4.01. The molecule has 3 heteroatoms. The molecule has 0 radical (unpaired) electrons. The van der Waals surface area contributed by atoms with E-state index in [0.717, 1.165) is 6.54 Å². The van der Waals surface area contributed by atoms with Crippen LogP contribution in [-0.2, 0) is 6.54 Å². The molecule has 0 saturated heterocycles. The van der Waals surface area contributed by atoms with Gasteiger partial charge in [-0.05, 0) is 25.2 Å². The second-order valence-electron chi connectivity index (χ2n) is 5.17. The number of hydrogen-bond donors (Lipinski definition) is 2. The van der Waals surface area contributed by atoms with Crippen LogP contribution in [-0.4, -0.2) is 16.2 Å². The molecule has 78 valence electrons. The van der Waals surface area contributed by atoms with E-state index in [1.165, 1.54) is 24.1 Å². The van der Waals surface area contributed by atoms with Gasteiger partial charge in [0.1, 0.15) is 0 Å². The van der Waals surface area contributed by atoms with Crippen molar-refractivity contribution in [2.24, 2.45) is 5.41 Å². The van der Waals surface area contributed by atoms with Crippen LogP contribution in [0.15, 0.2) is 6.20 Å². The van der Waals surface area contributed by atoms with Crippen LogP contribution in [0.1, 0.15) is 37.9 Å². The number of aromatic amines is 1. The van der Waals surface area contributed by atoms with E-state index in [1.54, 1.807) is 0 Å². The van der Waals surface area contributed by atoms with Gasteiger partial charge in [0.2, 0.25) is 0 Å². The van der Waals surface area contributed by atoms with E-state index >= 15 is 0 Å². The molecule has 0 unspecified atom stereocenters. The Kier molecular flexibility index (Phi) is 2.35. The zero-order valence-corrected chi connectivity index (χ0v) is 9.22. The maximum Gasteiger partial charge on any atom is 0.0535 e. The fraction of sp³-hybridized carbons (Fsp3) is 0.727. The first kappa shape index (κ1) is 9.71. The van der Waals surface area contributed by atoms with Gasteiger partial charge in [0, 0.05) is 23.8 Å². The van der Waals surface area contributed by atoms with E-state index in [-0.39, 0.29) is 0 Å². The van der Waals surface area contributed by atoms with Crippen molar-refractivity contribution in [3.63, 3.8) is 0 Å². The molecular formula is C11H19N3. The van der Waals surface area contributed by atoms with Crippen molar-refractivity contribution < 1.29 is 0 Å². The van der Waals surface area contributed by atoms with Gasteiger partial charge in [0.05, 0.1) is 6.20 Å². The third-order valence-corrected chi connectivity index (χ3v) is 3.11. The molecule has 1 aliphatic rings. The van der Waals surface area contributed by atoms with Crippen LogP contribution in [0.5, 0.6) is 0 Å². The maximum atomic E-state index is 4.01. The molecule has 0 atom stereocenters. The van der Waals surface area contributed by atoms with Crippen LogP contribution in [0.4, 0.5) is 0 Å². The van der Waals surface area contributed by atoms with Crippen molar-refractivity contribution in [3.05, 3.63) is 17.5 Å². The second-order valence-corrected chi connectivity index (χ2v) is 5.17. The van der Waals surface area contributed by atoms with Crippen LogP contribution in [0.2, 0.25) is 0 Å². The van der Waals surface area contributed by atoms with Crippen molar-refractivity contribution in [1.29, 1.82) is 0 Å². The number of aryl methyl sites for hydroxylation is 1. The fourth-order valence-corrected chi connectivity index (χ4v) is 2.23. The molecule has 0 amide bonds. The summed E-state index contributed by atoms with van der Waals surface area (Å²) < 4.78 is 0. The van der Waals surface area contributed by atoms with E-state index in [2.05, 4.69) is 36.3 Å². The number of hydrogen-bond acceptors (Lipinski definition) is 2. The summed E-state index contributed by atoms with van der Waals surface area (Å²) in [6.45, 7) is 7.67. The highest BCUT2D eigenvalue weighted by atomic mass is 15.1. The van der Waals surface area contributed by atoms with Crippen molar-refractivity contribution in [2.45, 2.75) is 46.2 Å². The largest absolute Gasteiger partial charge is 0.310 e. The predicted octanol–water partition coefficient (Wildman–Crippen LogP) is 2.00. The van der Waals surface area contributed by atoms with Crippen molar-refractivity contribution in [3.8, 4) is 0 Å². The Hall–Kier alpha value is -0.830. The zero-order valence-electron chi connectivity index (χ0n) is 9.22. The van der Waals surface area contributed by atoms with Crippen molar-refractivity contribution in [1.82, 2.24) is 15.5 Å². The number of nitrogens with one attached hydrogen (secondary N) is 2. The predicted molar refractivity (Wildman–Crippen MR) is 57.0 cm³/mol. The molecule has 0 spiro atoms. The first-order valence-corrected chi connectivity index (χ1v) is 5.29. The van der Waals surface area contributed by atoms with Crippen molar-refractivity contribution in [2.75, 3.05) is 0 Å². The lowest BCUT2D eigenvalue weighted by Gasteiger charge is -2.43. The van der Waals surface area contributed by atoms with Crippen LogP contribution in [0.25, 0.3) is 0 Å². The molecule has 0 bridgehead atoms. The lowest BCUT2D eigenvalue weighted by atomic mass is 9.68. The molecule has 1 heterocycles. The monoisotopic (exact) mass is 193 g/mol. The van der Waals surface area contributed by atoms with Gasteiger partial charge in [-0.3, -0.25) is 5.10 Å². The number of H-pyrrole nitrogens is 1. The molecule has 1 saturated carbocycles. The average Bonchev–Trinajstić information content (AvgIpc) is 2.44. The third-order valence-electron chi connectivity index (χ3n) is 3.11. The topological polar surface area (TPSA) is 40.7 Å². The summed E-state index contributed by atoms with van der Waals surface area (Å²) >= 11 is 0. The lowest BCUT2D eigenvalue weighted by molar-refractivity contribution is 0.125.